The van der Waals surface area contributed by atoms with Gasteiger partial charge in [0.15, 0.2) is 17.6 Å². The summed E-state index contributed by atoms with van der Waals surface area (Å²) in [4.78, 5) is 45.5. The molecule has 0 saturated carbocycles. The van der Waals surface area contributed by atoms with Gasteiger partial charge >= 0.3 is 5.97 Å². The van der Waals surface area contributed by atoms with E-state index in [0.29, 0.717) is 33.3 Å². The maximum Gasteiger partial charge on any atom is 0.339 e. The van der Waals surface area contributed by atoms with E-state index in [1.54, 1.807) is 12.1 Å². The van der Waals surface area contributed by atoms with E-state index >= 15 is 0 Å². The van der Waals surface area contributed by atoms with Crippen molar-refractivity contribution in [2.24, 2.45) is 0 Å². The fraction of sp³-hybridized carbons (Fsp3) is 0.0833. The van der Waals surface area contributed by atoms with E-state index in [-0.39, 0.29) is 5.82 Å². The fourth-order valence-corrected chi connectivity index (χ4v) is 3.46. The molecular formula is C24H18N6O3. The molecule has 0 aliphatic heterocycles. The van der Waals surface area contributed by atoms with Crippen molar-refractivity contribution >= 4 is 39.8 Å². The zero-order valence-electron chi connectivity index (χ0n) is 17.5. The smallest absolute Gasteiger partial charge is 0.339 e. The third kappa shape index (κ3) is 3.99. The lowest BCUT2D eigenvalue weighted by molar-refractivity contribution is -0.123. The molecule has 2 N–H and O–H groups in total. The summed E-state index contributed by atoms with van der Waals surface area (Å²) in [6, 6.07) is 18.5. The first kappa shape index (κ1) is 20.3. The summed E-state index contributed by atoms with van der Waals surface area (Å²) in [7, 11) is 0. The second-order valence-corrected chi connectivity index (χ2v) is 7.30. The molecule has 0 spiro atoms. The Morgan fingerprint density at radius 1 is 1.00 bits per heavy atom. The minimum absolute atomic E-state index is 0.256. The van der Waals surface area contributed by atoms with E-state index < -0.39 is 18.0 Å². The summed E-state index contributed by atoms with van der Waals surface area (Å²) in [6.45, 7) is 1.50. The zero-order chi connectivity index (χ0) is 22.8. The molecule has 0 saturated heterocycles. The molecule has 5 rings (SSSR count). The van der Waals surface area contributed by atoms with E-state index in [1.165, 1.54) is 19.6 Å². The Morgan fingerprint density at radius 2 is 1.79 bits per heavy atom. The maximum absolute atomic E-state index is 13.1. The number of carbonyl (C=O) groups excluding carboxylic acids is 2. The van der Waals surface area contributed by atoms with Gasteiger partial charge < -0.3 is 15.0 Å². The lowest BCUT2D eigenvalue weighted by Crippen LogP contribution is -2.30. The topological polar surface area (TPSA) is 123 Å². The Balaban J connectivity index is 1.41. The highest BCUT2D eigenvalue weighted by Gasteiger charge is 2.23. The molecule has 0 fully saturated rings. The van der Waals surface area contributed by atoms with Crippen molar-refractivity contribution in [1.29, 1.82) is 0 Å². The van der Waals surface area contributed by atoms with Gasteiger partial charge in [-0.05, 0) is 19.1 Å². The van der Waals surface area contributed by atoms with Crippen molar-refractivity contribution in [3.05, 3.63) is 78.9 Å². The van der Waals surface area contributed by atoms with Gasteiger partial charge in [-0.15, -0.1) is 0 Å². The van der Waals surface area contributed by atoms with Crippen LogP contribution in [0.15, 0.2) is 73.3 Å². The lowest BCUT2D eigenvalue weighted by Gasteiger charge is -2.15. The summed E-state index contributed by atoms with van der Waals surface area (Å²) in [5, 5.41) is 3.29. The Bertz CT molecular complexity index is 1480. The van der Waals surface area contributed by atoms with Crippen molar-refractivity contribution in [2.75, 3.05) is 5.32 Å². The molecule has 162 valence electrons. The number of aromatic amines is 1. The number of amides is 1. The van der Waals surface area contributed by atoms with Crippen LogP contribution in [0.4, 0.5) is 5.82 Å². The van der Waals surface area contributed by atoms with Crippen LogP contribution in [0, 0.1) is 0 Å². The molecule has 2 aromatic carbocycles. The molecule has 9 nitrogen and oxygen atoms in total. The summed E-state index contributed by atoms with van der Waals surface area (Å²) in [6.07, 6.45) is 1.68. The second-order valence-electron chi connectivity index (χ2n) is 7.30. The predicted molar refractivity (Wildman–Crippen MR) is 122 cm³/mol. The molecule has 3 aromatic heterocycles. The number of benzene rings is 2. The van der Waals surface area contributed by atoms with Gasteiger partial charge in [0.2, 0.25) is 0 Å². The van der Waals surface area contributed by atoms with E-state index in [0.717, 1.165) is 5.56 Å². The number of nitrogens with zero attached hydrogens (tertiary/aromatic N) is 4. The van der Waals surface area contributed by atoms with Gasteiger partial charge in [0.25, 0.3) is 5.91 Å². The highest BCUT2D eigenvalue weighted by atomic mass is 16.5. The maximum atomic E-state index is 13.1. The summed E-state index contributed by atoms with van der Waals surface area (Å²) >= 11 is 0. The molecule has 9 heteroatoms. The number of hydrogen-bond acceptors (Lipinski definition) is 7. The minimum Gasteiger partial charge on any atom is -0.449 e. The SMILES string of the molecule is CC(OC(=O)c1cc(-c2ccccc2)nc2ccccc12)C(=O)Nc1ncnc2nc[nH]c12. The average molecular weight is 438 g/mol. The molecule has 33 heavy (non-hydrogen) atoms. The van der Waals surface area contributed by atoms with E-state index in [2.05, 4.69) is 30.2 Å². The number of nitrogens with one attached hydrogen (secondary N) is 2. The molecule has 0 radical (unpaired) electrons. The van der Waals surface area contributed by atoms with Crippen LogP contribution in [0.5, 0.6) is 0 Å². The van der Waals surface area contributed by atoms with Crippen LogP contribution >= 0.6 is 0 Å². The van der Waals surface area contributed by atoms with Crippen molar-refractivity contribution < 1.29 is 14.3 Å². The normalized spacial score (nSPS) is 11.9. The third-order valence-electron chi connectivity index (χ3n) is 5.12. The van der Waals surface area contributed by atoms with Gasteiger partial charge in [-0.1, -0.05) is 48.5 Å². The number of anilines is 1. The van der Waals surface area contributed by atoms with Crippen molar-refractivity contribution in [3.8, 4) is 11.3 Å². The largest absolute Gasteiger partial charge is 0.449 e. The number of carbonyl (C=O) groups is 2. The van der Waals surface area contributed by atoms with Crippen LogP contribution in [-0.4, -0.2) is 42.9 Å². The number of fused-ring (bicyclic) bond motifs is 2. The average Bonchev–Trinajstić information content (AvgIpc) is 3.34. The van der Waals surface area contributed by atoms with Gasteiger partial charge in [-0.25, -0.2) is 24.7 Å². The lowest BCUT2D eigenvalue weighted by atomic mass is 10.0. The highest BCUT2D eigenvalue weighted by Crippen LogP contribution is 2.26. The van der Waals surface area contributed by atoms with Crippen LogP contribution < -0.4 is 5.32 Å². The number of esters is 1. The van der Waals surface area contributed by atoms with Gasteiger partial charge in [0.05, 0.1) is 23.1 Å². The number of H-pyrrole nitrogens is 1. The van der Waals surface area contributed by atoms with Gasteiger partial charge in [-0.3, -0.25) is 4.79 Å². The van der Waals surface area contributed by atoms with E-state index in [9.17, 15) is 9.59 Å². The number of para-hydroxylation sites is 1. The Hall–Kier alpha value is -4.66. The molecule has 1 atom stereocenters. The second kappa shape index (κ2) is 8.46. The monoisotopic (exact) mass is 438 g/mol. The van der Waals surface area contributed by atoms with Crippen LogP contribution in [0.3, 0.4) is 0 Å². The Labute approximate surface area is 187 Å². The molecule has 0 aliphatic carbocycles. The molecule has 1 amide bonds. The molecule has 0 aliphatic rings. The van der Waals surface area contributed by atoms with Crippen LogP contribution in [0.1, 0.15) is 17.3 Å². The quantitative estimate of drug-likeness (QED) is 0.401. The highest BCUT2D eigenvalue weighted by molar-refractivity contribution is 6.06. The van der Waals surface area contributed by atoms with Crippen LogP contribution in [0.25, 0.3) is 33.3 Å². The number of imidazole rings is 1. The zero-order valence-corrected chi connectivity index (χ0v) is 17.5. The Kier molecular flexibility index (Phi) is 5.19. The van der Waals surface area contributed by atoms with Crippen molar-refractivity contribution in [1.82, 2.24) is 24.9 Å². The number of rotatable bonds is 5. The fourth-order valence-electron chi connectivity index (χ4n) is 3.46. The van der Waals surface area contributed by atoms with E-state index in [1.807, 2.05) is 48.5 Å². The van der Waals surface area contributed by atoms with Gasteiger partial charge in [-0.2, -0.15) is 0 Å². The summed E-state index contributed by atoms with van der Waals surface area (Å²) in [5.41, 5.74) is 3.40. The number of ether oxygens (including phenoxy) is 1. The molecular weight excluding hydrogens is 420 g/mol. The number of hydrogen-bond donors (Lipinski definition) is 2. The molecule has 1 unspecified atom stereocenters. The molecule has 3 heterocycles. The summed E-state index contributed by atoms with van der Waals surface area (Å²) < 4.78 is 5.51. The standard InChI is InChI=1S/C24H18N6O3/c1-14(23(31)30-22-20-21(26-12-25-20)27-13-28-22)33-24(32)17-11-19(15-7-3-2-4-8-15)29-18-10-6-5-9-16(17)18/h2-14H,1H3,(H2,25,26,27,28,30,31). The van der Waals surface area contributed by atoms with E-state index in [4.69, 9.17) is 4.74 Å². The minimum atomic E-state index is -1.07. The van der Waals surface area contributed by atoms with Crippen LogP contribution in [0.2, 0.25) is 0 Å². The number of aromatic nitrogens is 5. The Morgan fingerprint density at radius 3 is 2.64 bits per heavy atom. The first-order valence-corrected chi connectivity index (χ1v) is 10.2. The predicted octanol–water partition coefficient (Wildman–Crippen LogP) is 3.75. The molecule has 0 bridgehead atoms. The number of pyridine rings is 1. The van der Waals surface area contributed by atoms with Gasteiger partial charge in [0.1, 0.15) is 11.8 Å². The first-order chi connectivity index (χ1) is 16.1. The van der Waals surface area contributed by atoms with Crippen molar-refractivity contribution in [3.63, 3.8) is 0 Å². The molecule has 5 aromatic rings. The van der Waals surface area contributed by atoms with Crippen molar-refractivity contribution in [2.45, 2.75) is 13.0 Å². The van der Waals surface area contributed by atoms with Crippen LogP contribution in [-0.2, 0) is 9.53 Å². The first-order valence-electron chi connectivity index (χ1n) is 10.2. The van der Waals surface area contributed by atoms with Gasteiger partial charge in [0, 0.05) is 10.9 Å². The summed E-state index contributed by atoms with van der Waals surface area (Å²) in [5.74, 6) is -0.895. The third-order valence-corrected chi connectivity index (χ3v) is 5.12.